The third-order valence-electron chi connectivity index (χ3n) is 5.20. The van der Waals surface area contributed by atoms with Crippen LogP contribution in [0.2, 0.25) is 0 Å². The zero-order chi connectivity index (χ0) is 22.6. The topological polar surface area (TPSA) is 111 Å². The first-order valence-electron chi connectivity index (χ1n) is 9.56. The van der Waals surface area contributed by atoms with Crippen LogP contribution in [0.15, 0.2) is 41.3 Å². The van der Waals surface area contributed by atoms with Gasteiger partial charge >= 0.3 is 0 Å². The Hall–Kier alpha value is -2.89. The molecular formula is C20H25N3O7S. The Labute approximate surface area is 181 Å². The van der Waals surface area contributed by atoms with Gasteiger partial charge < -0.3 is 14.2 Å². The zero-order valence-electron chi connectivity index (χ0n) is 17.6. The molecule has 0 amide bonds. The van der Waals surface area contributed by atoms with Gasteiger partial charge in [0, 0.05) is 56.5 Å². The van der Waals surface area contributed by atoms with Crippen LogP contribution in [0.4, 0.5) is 5.69 Å². The van der Waals surface area contributed by atoms with Gasteiger partial charge in [-0.2, -0.15) is 4.31 Å². The van der Waals surface area contributed by atoms with Gasteiger partial charge in [-0.15, -0.1) is 0 Å². The normalized spacial score (nSPS) is 15.5. The smallest absolute Gasteiger partial charge is 0.269 e. The third kappa shape index (κ3) is 4.89. The summed E-state index contributed by atoms with van der Waals surface area (Å²) in [6.45, 7) is 2.26. The summed E-state index contributed by atoms with van der Waals surface area (Å²) in [4.78, 5) is 12.4. The van der Waals surface area contributed by atoms with Crippen LogP contribution in [0.3, 0.4) is 0 Å². The number of benzene rings is 2. The lowest BCUT2D eigenvalue weighted by atomic mass is 10.1. The highest BCUT2D eigenvalue weighted by Gasteiger charge is 2.29. The van der Waals surface area contributed by atoms with Gasteiger partial charge in [-0.3, -0.25) is 15.0 Å². The highest BCUT2D eigenvalue weighted by molar-refractivity contribution is 7.89. The molecule has 0 saturated carbocycles. The summed E-state index contributed by atoms with van der Waals surface area (Å²) >= 11 is 0. The van der Waals surface area contributed by atoms with E-state index in [2.05, 4.69) is 4.90 Å². The molecule has 1 aliphatic rings. The number of piperazine rings is 1. The predicted octanol–water partition coefficient (Wildman–Crippen LogP) is 2.13. The average Bonchev–Trinajstić information content (AvgIpc) is 2.79. The van der Waals surface area contributed by atoms with Crippen LogP contribution in [-0.4, -0.2) is 70.1 Å². The first kappa shape index (κ1) is 22.8. The Morgan fingerprint density at radius 1 is 0.903 bits per heavy atom. The number of nitrogens with zero attached hydrogens (tertiary/aromatic N) is 3. The lowest BCUT2D eigenvalue weighted by Gasteiger charge is -2.34. The van der Waals surface area contributed by atoms with Crippen LogP contribution in [0.1, 0.15) is 5.56 Å². The molecule has 0 N–H and O–H groups in total. The highest BCUT2D eigenvalue weighted by Crippen LogP contribution is 2.35. The number of hydrogen-bond acceptors (Lipinski definition) is 8. The summed E-state index contributed by atoms with van der Waals surface area (Å²) in [5.41, 5.74) is 0.763. The fraction of sp³-hybridized carbons (Fsp3) is 0.400. The van der Waals surface area contributed by atoms with E-state index in [0.717, 1.165) is 5.56 Å². The van der Waals surface area contributed by atoms with Crippen LogP contribution >= 0.6 is 0 Å². The van der Waals surface area contributed by atoms with Crippen molar-refractivity contribution in [3.05, 3.63) is 52.1 Å². The molecule has 2 aromatic rings. The minimum atomic E-state index is -3.71. The van der Waals surface area contributed by atoms with Crippen LogP contribution < -0.4 is 14.2 Å². The number of ether oxygens (including phenoxy) is 3. The van der Waals surface area contributed by atoms with Crippen molar-refractivity contribution in [3.63, 3.8) is 0 Å². The number of nitro groups is 1. The Morgan fingerprint density at radius 3 is 1.97 bits per heavy atom. The summed E-state index contributed by atoms with van der Waals surface area (Å²) in [6.07, 6.45) is 0. The van der Waals surface area contributed by atoms with Gasteiger partial charge in [-0.05, 0) is 18.2 Å². The SMILES string of the molecule is COc1cc(OC)c(OC)cc1CN1CCN(S(=O)(=O)c2ccc([N+](=O)[O-])cc2)CC1. The highest BCUT2D eigenvalue weighted by atomic mass is 32.2. The molecule has 2 aromatic carbocycles. The molecule has 0 unspecified atom stereocenters. The van der Waals surface area contributed by atoms with Gasteiger partial charge in [0.25, 0.3) is 5.69 Å². The molecule has 0 aliphatic carbocycles. The second-order valence-electron chi connectivity index (χ2n) is 6.95. The van der Waals surface area contributed by atoms with Gasteiger partial charge in [0.1, 0.15) is 5.75 Å². The molecule has 0 radical (unpaired) electrons. The number of non-ortho nitro benzene ring substituents is 1. The Balaban J connectivity index is 1.69. The van der Waals surface area contributed by atoms with E-state index in [4.69, 9.17) is 14.2 Å². The van der Waals surface area contributed by atoms with E-state index in [0.29, 0.717) is 50.0 Å². The molecule has 0 atom stereocenters. The van der Waals surface area contributed by atoms with Crippen molar-refractivity contribution >= 4 is 15.7 Å². The van der Waals surface area contributed by atoms with Gasteiger partial charge in [0.05, 0.1) is 31.1 Å². The van der Waals surface area contributed by atoms with E-state index < -0.39 is 14.9 Å². The maximum Gasteiger partial charge on any atom is 0.269 e. The molecule has 1 aliphatic heterocycles. The fourth-order valence-electron chi connectivity index (χ4n) is 3.47. The van der Waals surface area contributed by atoms with E-state index >= 15 is 0 Å². The quantitative estimate of drug-likeness (QED) is 0.443. The van der Waals surface area contributed by atoms with Gasteiger partial charge in [0.15, 0.2) is 11.5 Å². The fourth-order valence-corrected chi connectivity index (χ4v) is 4.90. The molecule has 1 saturated heterocycles. The second kappa shape index (κ2) is 9.50. The molecular weight excluding hydrogens is 426 g/mol. The number of nitro benzene ring substituents is 1. The van der Waals surface area contributed by atoms with E-state index in [1.54, 1.807) is 27.4 Å². The van der Waals surface area contributed by atoms with E-state index in [9.17, 15) is 18.5 Å². The molecule has 0 spiro atoms. The summed E-state index contributed by atoms with van der Waals surface area (Å²) < 4.78 is 43.3. The van der Waals surface area contributed by atoms with Gasteiger partial charge in [-0.25, -0.2) is 8.42 Å². The summed E-state index contributed by atoms with van der Waals surface area (Å²) in [5.74, 6) is 1.83. The largest absolute Gasteiger partial charge is 0.496 e. The van der Waals surface area contributed by atoms with Crippen LogP contribution in [0, 0.1) is 10.1 Å². The van der Waals surface area contributed by atoms with Crippen molar-refractivity contribution in [2.75, 3.05) is 47.5 Å². The summed E-state index contributed by atoms with van der Waals surface area (Å²) in [7, 11) is 0.995. The molecule has 31 heavy (non-hydrogen) atoms. The molecule has 1 heterocycles. The minimum Gasteiger partial charge on any atom is -0.496 e. The average molecular weight is 452 g/mol. The predicted molar refractivity (Wildman–Crippen MR) is 113 cm³/mol. The molecule has 168 valence electrons. The zero-order valence-corrected chi connectivity index (χ0v) is 18.4. The first-order chi connectivity index (χ1) is 14.8. The lowest BCUT2D eigenvalue weighted by molar-refractivity contribution is -0.384. The Morgan fingerprint density at radius 2 is 1.45 bits per heavy atom. The van der Waals surface area contributed by atoms with E-state index in [-0.39, 0.29) is 10.6 Å². The standard InChI is InChI=1S/C20H25N3O7S/c1-28-18-13-20(30-3)19(29-2)12-15(18)14-21-8-10-22(11-9-21)31(26,27)17-6-4-16(5-7-17)23(24)25/h4-7,12-13H,8-11,14H2,1-3H3. The third-order valence-corrected chi connectivity index (χ3v) is 7.11. The van der Waals surface area contributed by atoms with Crippen molar-refractivity contribution in [1.82, 2.24) is 9.21 Å². The van der Waals surface area contributed by atoms with Crippen molar-refractivity contribution in [3.8, 4) is 17.2 Å². The van der Waals surface area contributed by atoms with Crippen molar-refractivity contribution in [1.29, 1.82) is 0 Å². The second-order valence-corrected chi connectivity index (χ2v) is 8.89. The first-order valence-corrected chi connectivity index (χ1v) is 11.0. The van der Waals surface area contributed by atoms with E-state index in [1.807, 2.05) is 6.07 Å². The van der Waals surface area contributed by atoms with Gasteiger partial charge in [0.2, 0.25) is 10.0 Å². The number of hydrogen-bond donors (Lipinski definition) is 0. The maximum absolute atomic E-state index is 12.9. The van der Waals surface area contributed by atoms with Crippen molar-refractivity contribution in [2.45, 2.75) is 11.4 Å². The lowest BCUT2D eigenvalue weighted by Crippen LogP contribution is -2.48. The Bertz CT molecular complexity index is 1030. The number of methoxy groups -OCH3 is 3. The molecule has 0 aromatic heterocycles. The maximum atomic E-state index is 12.9. The number of sulfonamides is 1. The van der Waals surface area contributed by atoms with Crippen molar-refractivity contribution in [2.24, 2.45) is 0 Å². The monoisotopic (exact) mass is 451 g/mol. The molecule has 0 bridgehead atoms. The summed E-state index contributed by atoms with van der Waals surface area (Å²) in [6, 6.07) is 8.57. The molecule has 1 fully saturated rings. The molecule has 11 heteroatoms. The summed E-state index contributed by atoms with van der Waals surface area (Å²) in [5, 5.41) is 10.8. The molecule has 3 rings (SSSR count). The van der Waals surface area contributed by atoms with E-state index in [1.165, 1.54) is 28.6 Å². The minimum absolute atomic E-state index is 0.0492. The van der Waals surface area contributed by atoms with Crippen LogP contribution in [-0.2, 0) is 16.6 Å². The van der Waals surface area contributed by atoms with Crippen LogP contribution in [0.25, 0.3) is 0 Å². The van der Waals surface area contributed by atoms with Gasteiger partial charge in [-0.1, -0.05) is 0 Å². The van der Waals surface area contributed by atoms with Crippen molar-refractivity contribution < 1.29 is 27.6 Å². The Kier molecular flexibility index (Phi) is 6.98. The van der Waals surface area contributed by atoms with Crippen LogP contribution in [0.5, 0.6) is 17.2 Å². The molecule has 10 nitrogen and oxygen atoms in total. The number of rotatable bonds is 8.